The molecule has 3 aromatic carbocycles. The lowest BCUT2D eigenvalue weighted by Gasteiger charge is -2.17. The highest BCUT2D eigenvalue weighted by atomic mass is 35.5. The number of hydrogen-bond donors (Lipinski definition) is 2. The Hall–Kier alpha value is -2.53. The van der Waals surface area contributed by atoms with Gasteiger partial charge in [-0.15, -0.1) is 0 Å². The predicted octanol–water partition coefficient (Wildman–Crippen LogP) is 5.26. The maximum Gasteiger partial charge on any atom is 0.272 e. The monoisotopic (exact) mass is 371 g/mol. The largest absolute Gasteiger partial charge is 0.355 e. The fraction of sp³-hybridized carbons (Fsp3) is 0. The van der Waals surface area contributed by atoms with Crippen LogP contribution in [0, 0.1) is 0 Å². The molecule has 0 heterocycles. The summed E-state index contributed by atoms with van der Waals surface area (Å²) in [5.74, 6) is 5.67. The summed E-state index contributed by atoms with van der Waals surface area (Å²) in [4.78, 5) is 12.3. The van der Waals surface area contributed by atoms with Gasteiger partial charge in [0.05, 0.1) is 15.7 Å². The summed E-state index contributed by atoms with van der Waals surface area (Å²) in [5.41, 5.74) is 2.77. The highest BCUT2D eigenvalue weighted by Crippen LogP contribution is 2.27. The maximum absolute atomic E-state index is 12.3. The van der Waals surface area contributed by atoms with Crippen LogP contribution in [0.25, 0.3) is 0 Å². The number of anilines is 3. The summed E-state index contributed by atoms with van der Waals surface area (Å²) in [6, 6.07) is 21.4. The molecule has 0 unspecified atom stereocenters. The molecule has 25 heavy (non-hydrogen) atoms. The fourth-order valence-corrected chi connectivity index (χ4v) is 2.58. The zero-order chi connectivity index (χ0) is 17.8. The van der Waals surface area contributed by atoms with E-state index >= 15 is 0 Å². The van der Waals surface area contributed by atoms with Gasteiger partial charge in [0.25, 0.3) is 5.91 Å². The number of benzene rings is 3. The van der Waals surface area contributed by atoms with Crippen LogP contribution in [0.3, 0.4) is 0 Å². The molecule has 0 saturated heterocycles. The van der Waals surface area contributed by atoms with E-state index < -0.39 is 0 Å². The molecule has 0 aliphatic carbocycles. The van der Waals surface area contributed by atoms with Crippen LogP contribution < -0.4 is 16.2 Å². The van der Waals surface area contributed by atoms with Crippen LogP contribution in [0.4, 0.5) is 17.1 Å². The van der Waals surface area contributed by atoms with E-state index in [0.29, 0.717) is 21.3 Å². The number of halogens is 2. The number of hydrazine groups is 1. The van der Waals surface area contributed by atoms with Crippen molar-refractivity contribution in [2.24, 2.45) is 5.84 Å². The minimum absolute atomic E-state index is 0.272. The Labute approximate surface area is 155 Å². The van der Waals surface area contributed by atoms with Crippen molar-refractivity contribution in [3.05, 3.63) is 88.4 Å². The lowest BCUT2D eigenvalue weighted by atomic mass is 10.2. The zero-order valence-electron chi connectivity index (χ0n) is 13.1. The molecule has 0 saturated carbocycles. The van der Waals surface area contributed by atoms with Gasteiger partial charge < -0.3 is 5.32 Å². The molecule has 0 spiro atoms. The van der Waals surface area contributed by atoms with E-state index in [2.05, 4.69) is 5.32 Å². The lowest BCUT2D eigenvalue weighted by molar-refractivity contribution is 0.0987. The molecule has 0 aliphatic heterocycles. The van der Waals surface area contributed by atoms with E-state index in [-0.39, 0.29) is 5.91 Å². The number of amides is 1. The van der Waals surface area contributed by atoms with Crippen LogP contribution in [0.15, 0.2) is 72.8 Å². The van der Waals surface area contributed by atoms with Gasteiger partial charge in [0.1, 0.15) is 0 Å². The Morgan fingerprint density at radius 2 is 1.48 bits per heavy atom. The summed E-state index contributed by atoms with van der Waals surface area (Å²) in [6.07, 6.45) is 0. The molecule has 1 amide bonds. The first-order valence-corrected chi connectivity index (χ1v) is 8.26. The predicted molar refractivity (Wildman–Crippen MR) is 104 cm³/mol. The molecule has 4 nitrogen and oxygen atoms in total. The van der Waals surface area contributed by atoms with Gasteiger partial charge in [0.2, 0.25) is 0 Å². The standard InChI is InChI=1S/C19H15Cl2N3O/c20-17-11-8-15(12-18(17)21)23-14-6-9-16(10-7-14)24(22)19(25)13-4-2-1-3-5-13/h1-12,23H,22H2. The first-order chi connectivity index (χ1) is 12.0. The SMILES string of the molecule is NN(C(=O)c1ccccc1)c1ccc(Nc2ccc(Cl)c(Cl)c2)cc1. The third kappa shape index (κ3) is 4.12. The molecule has 3 aromatic rings. The quantitative estimate of drug-likeness (QED) is 0.373. The average Bonchev–Trinajstić information content (AvgIpc) is 2.65. The Balaban J connectivity index is 1.73. The van der Waals surface area contributed by atoms with Crippen molar-refractivity contribution in [2.75, 3.05) is 10.3 Å². The number of nitrogens with two attached hydrogens (primary N) is 1. The van der Waals surface area contributed by atoms with Crippen molar-refractivity contribution < 1.29 is 4.79 Å². The summed E-state index contributed by atoms with van der Waals surface area (Å²) >= 11 is 11.9. The smallest absolute Gasteiger partial charge is 0.272 e. The summed E-state index contributed by atoms with van der Waals surface area (Å²) in [6.45, 7) is 0. The number of carbonyl (C=O) groups excluding carboxylic acids is 1. The number of nitrogens with zero attached hydrogens (tertiary/aromatic N) is 1. The Bertz CT molecular complexity index is 883. The molecule has 0 fully saturated rings. The Kier molecular flexibility index (Phi) is 5.24. The Morgan fingerprint density at radius 3 is 2.12 bits per heavy atom. The minimum Gasteiger partial charge on any atom is -0.355 e. The third-order valence-electron chi connectivity index (χ3n) is 3.59. The third-order valence-corrected chi connectivity index (χ3v) is 4.33. The second-order valence-electron chi connectivity index (χ2n) is 5.34. The van der Waals surface area contributed by atoms with Gasteiger partial charge in [-0.2, -0.15) is 0 Å². The van der Waals surface area contributed by atoms with Gasteiger partial charge in [-0.25, -0.2) is 10.9 Å². The lowest BCUT2D eigenvalue weighted by Crippen LogP contribution is -2.37. The maximum atomic E-state index is 12.3. The number of rotatable bonds is 4. The highest BCUT2D eigenvalue weighted by molar-refractivity contribution is 6.42. The molecule has 0 atom stereocenters. The molecule has 3 rings (SSSR count). The van der Waals surface area contributed by atoms with Crippen LogP contribution in [-0.2, 0) is 0 Å². The van der Waals surface area contributed by atoms with Crippen molar-refractivity contribution in [1.29, 1.82) is 0 Å². The van der Waals surface area contributed by atoms with Crippen LogP contribution in [0.1, 0.15) is 10.4 Å². The van der Waals surface area contributed by atoms with Crippen molar-refractivity contribution in [3.8, 4) is 0 Å². The van der Waals surface area contributed by atoms with Crippen LogP contribution >= 0.6 is 23.2 Å². The van der Waals surface area contributed by atoms with E-state index in [9.17, 15) is 4.79 Å². The van der Waals surface area contributed by atoms with Crippen molar-refractivity contribution in [2.45, 2.75) is 0 Å². The molecule has 0 aliphatic rings. The van der Waals surface area contributed by atoms with E-state index in [1.165, 1.54) is 0 Å². The van der Waals surface area contributed by atoms with E-state index in [0.717, 1.165) is 16.4 Å². The van der Waals surface area contributed by atoms with Gasteiger partial charge in [-0.3, -0.25) is 4.79 Å². The summed E-state index contributed by atoms with van der Waals surface area (Å²) in [7, 11) is 0. The van der Waals surface area contributed by atoms with Crippen LogP contribution in [0.5, 0.6) is 0 Å². The second-order valence-corrected chi connectivity index (χ2v) is 6.16. The van der Waals surface area contributed by atoms with E-state index in [1.54, 1.807) is 48.5 Å². The molecular formula is C19H15Cl2N3O. The van der Waals surface area contributed by atoms with E-state index in [4.69, 9.17) is 29.0 Å². The number of hydrogen-bond acceptors (Lipinski definition) is 3. The Morgan fingerprint density at radius 1 is 0.840 bits per heavy atom. The molecule has 0 bridgehead atoms. The minimum atomic E-state index is -0.272. The number of nitrogens with one attached hydrogen (secondary N) is 1. The van der Waals surface area contributed by atoms with Gasteiger partial charge in [0, 0.05) is 16.9 Å². The second kappa shape index (κ2) is 7.57. The normalized spacial score (nSPS) is 10.4. The molecular weight excluding hydrogens is 357 g/mol. The molecule has 126 valence electrons. The zero-order valence-corrected chi connectivity index (χ0v) is 14.6. The van der Waals surface area contributed by atoms with Gasteiger partial charge in [-0.05, 0) is 54.6 Å². The van der Waals surface area contributed by atoms with Crippen LogP contribution in [0.2, 0.25) is 10.0 Å². The summed E-state index contributed by atoms with van der Waals surface area (Å²) in [5, 5.41) is 5.31. The van der Waals surface area contributed by atoms with Gasteiger partial charge in [-0.1, -0.05) is 41.4 Å². The molecule has 6 heteroatoms. The average molecular weight is 372 g/mol. The highest BCUT2D eigenvalue weighted by Gasteiger charge is 2.13. The van der Waals surface area contributed by atoms with Crippen molar-refractivity contribution in [3.63, 3.8) is 0 Å². The first-order valence-electron chi connectivity index (χ1n) is 7.51. The van der Waals surface area contributed by atoms with Crippen molar-refractivity contribution in [1.82, 2.24) is 0 Å². The summed E-state index contributed by atoms with van der Waals surface area (Å²) < 4.78 is 0. The van der Waals surface area contributed by atoms with Gasteiger partial charge in [0.15, 0.2) is 0 Å². The first kappa shape index (κ1) is 17.3. The molecule has 3 N–H and O–H groups in total. The van der Waals surface area contributed by atoms with Crippen molar-refractivity contribution >= 4 is 46.2 Å². The molecule has 0 aromatic heterocycles. The molecule has 0 radical (unpaired) electrons. The topological polar surface area (TPSA) is 58.4 Å². The fourth-order valence-electron chi connectivity index (χ4n) is 2.28. The van der Waals surface area contributed by atoms with Crippen LogP contribution in [-0.4, -0.2) is 5.91 Å². The number of carbonyl (C=O) groups is 1. The van der Waals surface area contributed by atoms with E-state index in [1.807, 2.05) is 24.3 Å². The van der Waals surface area contributed by atoms with Gasteiger partial charge >= 0.3 is 0 Å².